The minimum atomic E-state index is -0.381. The van der Waals surface area contributed by atoms with E-state index in [9.17, 15) is 4.79 Å². The van der Waals surface area contributed by atoms with Crippen molar-refractivity contribution in [2.45, 2.75) is 6.92 Å². The van der Waals surface area contributed by atoms with Crippen LogP contribution in [-0.4, -0.2) is 24.8 Å². The fourth-order valence-corrected chi connectivity index (χ4v) is 2.71. The summed E-state index contributed by atoms with van der Waals surface area (Å²) in [6, 6.07) is 15.5. The highest BCUT2D eigenvalue weighted by Crippen LogP contribution is 2.27. The van der Waals surface area contributed by atoms with Crippen molar-refractivity contribution in [1.29, 1.82) is 0 Å². The number of anilines is 1. The molecular weight excluding hydrogens is 324 g/mol. The molecule has 1 heterocycles. The zero-order valence-corrected chi connectivity index (χ0v) is 14.0. The van der Waals surface area contributed by atoms with Crippen molar-refractivity contribution in [3.8, 4) is 0 Å². The van der Waals surface area contributed by atoms with Crippen molar-refractivity contribution in [3.05, 3.63) is 76.5 Å². The molecule has 0 radical (unpaired) electrons. The molecule has 1 N–H and O–H groups in total. The molecule has 0 aliphatic carbocycles. The van der Waals surface area contributed by atoms with Crippen LogP contribution in [-0.2, 0) is 9.53 Å². The van der Waals surface area contributed by atoms with E-state index in [1.807, 2.05) is 48.5 Å². The Bertz CT molecular complexity index is 813. The third kappa shape index (κ3) is 3.66. The zero-order valence-electron chi connectivity index (χ0n) is 13.3. The van der Waals surface area contributed by atoms with E-state index in [1.54, 1.807) is 6.92 Å². The molecule has 0 bridgehead atoms. The molecule has 5 heteroatoms. The minimum Gasteiger partial charge on any atom is -0.463 e. The van der Waals surface area contributed by atoms with E-state index in [2.05, 4.69) is 10.3 Å². The molecule has 2 aromatic rings. The van der Waals surface area contributed by atoms with Crippen LogP contribution in [0, 0.1) is 0 Å². The van der Waals surface area contributed by atoms with Crippen molar-refractivity contribution in [2.24, 2.45) is 4.99 Å². The summed E-state index contributed by atoms with van der Waals surface area (Å²) >= 11 is 6.17. The number of nitrogens with one attached hydrogen (secondary N) is 1. The maximum absolute atomic E-state index is 11.7. The SMILES string of the molecule is CCOC(=O)/C=C1/CN=C(c2ccccc2)c2cc(Cl)ccc2N1. The molecule has 0 spiro atoms. The molecule has 0 saturated heterocycles. The normalized spacial score (nSPS) is 15.1. The molecule has 2 aromatic carbocycles. The molecule has 0 amide bonds. The number of halogens is 1. The lowest BCUT2D eigenvalue weighted by molar-refractivity contribution is -0.137. The largest absolute Gasteiger partial charge is 0.463 e. The highest BCUT2D eigenvalue weighted by Gasteiger charge is 2.17. The van der Waals surface area contributed by atoms with Gasteiger partial charge in [0.15, 0.2) is 0 Å². The number of hydrogen-bond donors (Lipinski definition) is 1. The van der Waals surface area contributed by atoms with Gasteiger partial charge >= 0.3 is 5.97 Å². The van der Waals surface area contributed by atoms with E-state index in [4.69, 9.17) is 16.3 Å². The topological polar surface area (TPSA) is 50.7 Å². The fraction of sp³-hybridized carbons (Fsp3) is 0.158. The van der Waals surface area contributed by atoms with Crippen LogP contribution in [0.3, 0.4) is 0 Å². The Kier molecular flexibility index (Phi) is 4.96. The molecule has 1 aliphatic rings. The number of carbonyl (C=O) groups is 1. The average Bonchev–Trinajstić information content (AvgIpc) is 2.75. The number of hydrogen-bond acceptors (Lipinski definition) is 4. The molecule has 0 saturated carbocycles. The zero-order chi connectivity index (χ0) is 16.9. The third-order valence-corrected chi connectivity index (χ3v) is 3.80. The average molecular weight is 341 g/mol. The molecule has 0 aromatic heterocycles. The van der Waals surface area contributed by atoms with Crippen LogP contribution in [0.1, 0.15) is 18.1 Å². The summed E-state index contributed by atoms with van der Waals surface area (Å²) in [7, 11) is 0. The summed E-state index contributed by atoms with van der Waals surface area (Å²) in [6.45, 7) is 2.47. The predicted molar refractivity (Wildman–Crippen MR) is 96.7 cm³/mol. The number of fused-ring (bicyclic) bond motifs is 1. The number of nitrogens with zero attached hydrogens (tertiary/aromatic N) is 1. The van der Waals surface area contributed by atoms with E-state index in [0.717, 1.165) is 22.5 Å². The smallest absolute Gasteiger partial charge is 0.332 e. The van der Waals surface area contributed by atoms with Gasteiger partial charge in [-0.15, -0.1) is 0 Å². The molecule has 0 fully saturated rings. The highest BCUT2D eigenvalue weighted by atomic mass is 35.5. The van der Waals surface area contributed by atoms with Gasteiger partial charge in [-0.3, -0.25) is 4.99 Å². The second kappa shape index (κ2) is 7.32. The Balaban J connectivity index is 2.06. The molecule has 122 valence electrons. The lowest BCUT2D eigenvalue weighted by Gasteiger charge is -2.11. The van der Waals surface area contributed by atoms with Crippen LogP contribution < -0.4 is 5.32 Å². The van der Waals surface area contributed by atoms with Crippen LogP contribution in [0.4, 0.5) is 5.69 Å². The van der Waals surface area contributed by atoms with Crippen LogP contribution in [0.15, 0.2) is 65.3 Å². The van der Waals surface area contributed by atoms with Gasteiger partial charge in [0.25, 0.3) is 0 Å². The van der Waals surface area contributed by atoms with Gasteiger partial charge in [0, 0.05) is 33.6 Å². The minimum absolute atomic E-state index is 0.341. The number of benzene rings is 2. The van der Waals surface area contributed by atoms with Gasteiger partial charge in [-0.2, -0.15) is 0 Å². The van der Waals surface area contributed by atoms with Gasteiger partial charge in [-0.1, -0.05) is 41.9 Å². The van der Waals surface area contributed by atoms with Crippen LogP contribution in [0.25, 0.3) is 0 Å². The Morgan fingerprint density at radius 3 is 2.83 bits per heavy atom. The lowest BCUT2D eigenvalue weighted by Crippen LogP contribution is -2.08. The van der Waals surface area contributed by atoms with Crippen molar-refractivity contribution in [1.82, 2.24) is 0 Å². The number of benzodiazepines with no additional fused rings is 1. The number of carbonyl (C=O) groups excluding carboxylic acids is 1. The van der Waals surface area contributed by atoms with Gasteiger partial charge in [-0.05, 0) is 25.1 Å². The molecule has 4 nitrogen and oxygen atoms in total. The third-order valence-electron chi connectivity index (χ3n) is 3.57. The van der Waals surface area contributed by atoms with Crippen LogP contribution in [0.5, 0.6) is 0 Å². The summed E-state index contributed by atoms with van der Waals surface area (Å²) in [5, 5.41) is 3.90. The van der Waals surface area contributed by atoms with Gasteiger partial charge in [-0.25, -0.2) is 4.79 Å². The number of aliphatic imine (C=N–C) groups is 1. The van der Waals surface area contributed by atoms with E-state index < -0.39 is 0 Å². The summed E-state index contributed by atoms with van der Waals surface area (Å²) < 4.78 is 4.98. The van der Waals surface area contributed by atoms with E-state index >= 15 is 0 Å². The van der Waals surface area contributed by atoms with Gasteiger partial charge in [0.2, 0.25) is 0 Å². The summed E-state index contributed by atoms with van der Waals surface area (Å²) in [4.78, 5) is 16.4. The van der Waals surface area contributed by atoms with E-state index in [0.29, 0.717) is 23.9 Å². The van der Waals surface area contributed by atoms with Gasteiger partial charge < -0.3 is 10.1 Å². The Labute approximate surface area is 145 Å². The first-order valence-electron chi connectivity index (χ1n) is 7.71. The monoisotopic (exact) mass is 340 g/mol. The summed E-state index contributed by atoms with van der Waals surface area (Å²) in [5.41, 5.74) is 4.28. The Morgan fingerprint density at radius 1 is 1.29 bits per heavy atom. The van der Waals surface area contributed by atoms with Crippen LogP contribution in [0.2, 0.25) is 5.02 Å². The maximum atomic E-state index is 11.7. The molecule has 0 atom stereocenters. The molecule has 0 unspecified atom stereocenters. The van der Waals surface area contributed by atoms with E-state index in [1.165, 1.54) is 6.08 Å². The van der Waals surface area contributed by atoms with Crippen LogP contribution >= 0.6 is 11.6 Å². The van der Waals surface area contributed by atoms with Gasteiger partial charge in [0.1, 0.15) is 0 Å². The first kappa shape index (κ1) is 16.3. The second-order valence-electron chi connectivity index (χ2n) is 5.27. The Morgan fingerprint density at radius 2 is 2.08 bits per heavy atom. The second-order valence-corrected chi connectivity index (χ2v) is 5.70. The predicted octanol–water partition coefficient (Wildman–Crippen LogP) is 4.05. The molecule has 1 aliphatic heterocycles. The number of ether oxygens (including phenoxy) is 1. The summed E-state index contributed by atoms with van der Waals surface area (Å²) in [6.07, 6.45) is 1.44. The number of rotatable bonds is 3. The quantitative estimate of drug-likeness (QED) is 0.677. The maximum Gasteiger partial charge on any atom is 0.332 e. The fourth-order valence-electron chi connectivity index (χ4n) is 2.53. The van der Waals surface area contributed by atoms with Crippen molar-refractivity contribution < 1.29 is 9.53 Å². The molecular formula is C19H17ClN2O2. The van der Waals surface area contributed by atoms with Crippen molar-refractivity contribution in [3.63, 3.8) is 0 Å². The first-order chi connectivity index (χ1) is 11.7. The first-order valence-corrected chi connectivity index (χ1v) is 8.09. The lowest BCUT2D eigenvalue weighted by atomic mass is 10.0. The molecule has 24 heavy (non-hydrogen) atoms. The van der Waals surface area contributed by atoms with Crippen molar-refractivity contribution >= 4 is 29.0 Å². The van der Waals surface area contributed by atoms with Gasteiger partial charge in [0.05, 0.1) is 18.9 Å². The number of esters is 1. The summed E-state index contributed by atoms with van der Waals surface area (Å²) in [5.74, 6) is -0.381. The standard InChI is InChI=1S/C19H17ClN2O2/c1-2-24-18(23)11-15-12-21-19(13-6-4-3-5-7-13)16-10-14(20)8-9-17(16)22-15/h3-11,22H,2,12H2,1H3/b15-11-. The Hall–Kier alpha value is -2.59. The van der Waals surface area contributed by atoms with E-state index in [-0.39, 0.29) is 5.97 Å². The van der Waals surface area contributed by atoms with Crippen molar-refractivity contribution in [2.75, 3.05) is 18.5 Å². The molecule has 3 rings (SSSR count). The highest BCUT2D eigenvalue weighted by molar-refractivity contribution is 6.31.